The lowest BCUT2D eigenvalue weighted by Crippen LogP contribution is -2.59. The maximum Gasteiger partial charge on any atom is 0.248 e. The Morgan fingerprint density at radius 1 is 1.20 bits per heavy atom. The lowest BCUT2D eigenvalue weighted by molar-refractivity contribution is -0.157. The topological polar surface area (TPSA) is 90.4 Å². The SMILES string of the molecule is C=CCN(C)C(=O)[C@H]1[C@H]2C(=O)N([C@@H](CC)CO)C(C(=O)N(CC=C)CCCC)C23CC[C@]1(CC)O3. The zero-order valence-corrected chi connectivity index (χ0v) is 21.9. The van der Waals surface area contributed by atoms with Crippen LogP contribution in [-0.2, 0) is 19.1 Å². The van der Waals surface area contributed by atoms with Crippen LogP contribution < -0.4 is 0 Å². The molecule has 0 aliphatic carbocycles. The highest BCUT2D eigenvalue weighted by molar-refractivity contribution is 5.99. The molecule has 3 aliphatic heterocycles. The molecule has 1 N–H and O–H groups in total. The van der Waals surface area contributed by atoms with Gasteiger partial charge in [-0.15, -0.1) is 13.2 Å². The standard InChI is InChI=1S/C27H43N3O5/c1-7-12-17-29(16-9-3)25(34)22-27-14-13-26(11-5,35-27)20(23(32)28(6)15-8-2)21(27)24(33)30(22)19(10-4)18-31/h8-9,19-22,31H,2-3,7,10-18H2,1,4-6H3/t19-,20+,21-,22?,26-,27?/m0/s1. The van der Waals surface area contributed by atoms with Gasteiger partial charge in [-0.3, -0.25) is 14.4 Å². The monoisotopic (exact) mass is 489 g/mol. The Morgan fingerprint density at radius 2 is 1.89 bits per heavy atom. The molecule has 2 bridgehead atoms. The van der Waals surface area contributed by atoms with Crippen molar-refractivity contribution >= 4 is 17.7 Å². The molecule has 3 fully saturated rings. The van der Waals surface area contributed by atoms with E-state index in [1.54, 1.807) is 33.9 Å². The van der Waals surface area contributed by atoms with Crippen LogP contribution in [0.4, 0.5) is 0 Å². The van der Waals surface area contributed by atoms with Crippen LogP contribution in [0.3, 0.4) is 0 Å². The number of hydrogen-bond donors (Lipinski definition) is 1. The quantitative estimate of drug-likeness (QED) is 0.401. The van der Waals surface area contributed by atoms with E-state index in [1.165, 1.54) is 0 Å². The van der Waals surface area contributed by atoms with Crippen LogP contribution in [0.15, 0.2) is 25.3 Å². The van der Waals surface area contributed by atoms with Gasteiger partial charge in [0.15, 0.2) is 0 Å². The van der Waals surface area contributed by atoms with Crippen molar-refractivity contribution < 1.29 is 24.2 Å². The highest BCUT2D eigenvalue weighted by atomic mass is 16.5. The lowest BCUT2D eigenvalue weighted by atomic mass is 9.64. The van der Waals surface area contributed by atoms with Crippen molar-refractivity contribution in [1.82, 2.24) is 14.7 Å². The van der Waals surface area contributed by atoms with Crippen molar-refractivity contribution in [3.05, 3.63) is 25.3 Å². The molecule has 196 valence electrons. The van der Waals surface area contributed by atoms with Gasteiger partial charge in [-0.05, 0) is 32.1 Å². The second kappa shape index (κ2) is 10.8. The van der Waals surface area contributed by atoms with Gasteiger partial charge in [0.1, 0.15) is 11.6 Å². The molecule has 3 aliphatic rings. The Balaban J connectivity index is 2.13. The fraction of sp³-hybridized carbons (Fsp3) is 0.741. The predicted octanol–water partition coefficient (Wildman–Crippen LogP) is 2.37. The van der Waals surface area contributed by atoms with Crippen LogP contribution in [0.1, 0.15) is 59.3 Å². The number of amides is 3. The number of carbonyl (C=O) groups excluding carboxylic acids is 3. The summed E-state index contributed by atoms with van der Waals surface area (Å²) in [5, 5.41) is 10.2. The second-order valence-corrected chi connectivity index (χ2v) is 10.3. The van der Waals surface area contributed by atoms with E-state index in [-0.39, 0.29) is 24.3 Å². The molecule has 8 nitrogen and oxygen atoms in total. The van der Waals surface area contributed by atoms with Gasteiger partial charge in [0, 0.05) is 26.7 Å². The van der Waals surface area contributed by atoms with Gasteiger partial charge in [-0.25, -0.2) is 0 Å². The molecule has 0 saturated carbocycles. The number of fused-ring (bicyclic) bond motifs is 1. The highest BCUT2D eigenvalue weighted by Gasteiger charge is 2.79. The molecule has 8 heteroatoms. The number of ether oxygens (including phenoxy) is 1. The third-order valence-corrected chi connectivity index (χ3v) is 8.42. The van der Waals surface area contributed by atoms with E-state index in [0.717, 1.165) is 12.8 Å². The first kappa shape index (κ1) is 27.4. The van der Waals surface area contributed by atoms with Gasteiger partial charge in [0.2, 0.25) is 17.7 Å². The summed E-state index contributed by atoms with van der Waals surface area (Å²) in [6, 6.07) is -1.39. The molecule has 3 heterocycles. The van der Waals surface area contributed by atoms with Crippen LogP contribution >= 0.6 is 0 Å². The summed E-state index contributed by atoms with van der Waals surface area (Å²) in [6.07, 6.45) is 7.37. The van der Waals surface area contributed by atoms with Gasteiger partial charge in [-0.2, -0.15) is 0 Å². The lowest BCUT2D eigenvalue weighted by Gasteiger charge is -2.39. The first-order chi connectivity index (χ1) is 16.7. The summed E-state index contributed by atoms with van der Waals surface area (Å²) in [7, 11) is 1.71. The second-order valence-electron chi connectivity index (χ2n) is 10.3. The average Bonchev–Trinajstić information content (AvgIpc) is 3.46. The van der Waals surface area contributed by atoms with Crippen molar-refractivity contribution in [2.24, 2.45) is 11.8 Å². The van der Waals surface area contributed by atoms with Gasteiger partial charge in [-0.1, -0.05) is 39.3 Å². The number of hydrogen-bond acceptors (Lipinski definition) is 5. The number of nitrogens with zero attached hydrogens (tertiary/aromatic N) is 3. The summed E-state index contributed by atoms with van der Waals surface area (Å²) in [5.74, 6) is -1.99. The fourth-order valence-electron chi connectivity index (χ4n) is 6.61. The summed E-state index contributed by atoms with van der Waals surface area (Å²) in [6.45, 7) is 14.6. The average molecular weight is 490 g/mol. The van der Waals surface area contributed by atoms with E-state index in [0.29, 0.717) is 45.3 Å². The van der Waals surface area contributed by atoms with Gasteiger partial charge in [0.05, 0.1) is 30.1 Å². The Labute approximate surface area is 210 Å². The zero-order valence-electron chi connectivity index (χ0n) is 21.9. The van der Waals surface area contributed by atoms with Crippen molar-refractivity contribution in [3.63, 3.8) is 0 Å². The summed E-state index contributed by atoms with van der Waals surface area (Å²) < 4.78 is 6.80. The Morgan fingerprint density at radius 3 is 2.43 bits per heavy atom. The van der Waals surface area contributed by atoms with E-state index in [2.05, 4.69) is 20.1 Å². The largest absolute Gasteiger partial charge is 0.394 e. The van der Waals surface area contributed by atoms with Gasteiger partial charge < -0.3 is 24.5 Å². The number of likely N-dealkylation sites (tertiary alicyclic amines) is 1. The molecule has 3 rings (SSSR count). The van der Waals surface area contributed by atoms with Crippen LogP contribution in [-0.4, -0.2) is 94.1 Å². The first-order valence-electron chi connectivity index (χ1n) is 13.1. The van der Waals surface area contributed by atoms with Crippen LogP contribution in [0.5, 0.6) is 0 Å². The number of aliphatic hydroxyl groups is 1. The van der Waals surface area contributed by atoms with E-state index >= 15 is 0 Å². The van der Waals surface area contributed by atoms with Crippen molar-refractivity contribution in [2.45, 2.75) is 82.6 Å². The zero-order chi connectivity index (χ0) is 26.0. The third kappa shape index (κ3) is 4.22. The number of carbonyl (C=O) groups is 3. The Bertz CT molecular complexity index is 843. The molecular formula is C27H43N3O5. The molecular weight excluding hydrogens is 446 g/mol. The van der Waals surface area contributed by atoms with Crippen LogP contribution in [0.25, 0.3) is 0 Å². The molecule has 3 amide bonds. The summed E-state index contributed by atoms with van der Waals surface area (Å²) in [5.41, 5.74) is -1.85. The third-order valence-electron chi connectivity index (χ3n) is 8.42. The predicted molar refractivity (Wildman–Crippen MR) is 134 cm³/mol. The molecule has 0 aromatic carbocycles. The van der Waals surface area contributed by atoms with E-state index in [9.17, 15) is 19.5 Å². The Kier molecular flexibility index (Phi) is 8.48. The fourth-order valence-corrected chi connectivity index (χ4v) is 6.61. The normalized spacial score (nSPS) is 31.9. The summed E-state index contributed by atoms with van der Waals surface area (Å²) in [4.78, 5) is 46.9. The van der Waals surface area contributed by atoms with E-state index in [1.807, 2.05) is 13.8 Å². The summed E-state index contributed by atoms with van der Waals surface area (Å²) >= 11 is 0. The molecule has 3 saturated heterocycles. The Hall–Kier alpha value is -2.19. The van der Waals surface area contributed by atoms with Crippen LogP contribution in [0.2, 0.25) is 0 Å². The molecule has 0 radical (unpaired) electrons. The minimum absolute atomic E-state index is 0.147. The number of rotatable bonds is 13. The number of unbranched alkanes of at least 4 members (excludes halogenated alkanes) is 1. The number of aliphatic hydroxyl groups excluding tert-OH is 1. The molecule has 2 unspecified atom stereocenters. The molecule has 1 spiro atoms. The van der Waals surface area contributed by atoms with E-state index < -0.39 is 35.1 Å². The number of likely N-dealkylation sites (N-methyl/N-ethyl adjacent to an activating group) is 1. The maximum atomic E-state index is 14.2. The smallest absolute Gasteiger partial charge is 0.248 e. The molecule has 0 aromatic rings. The van der Waals surface area contributed by atoms with Crippen molar-refractivity contribution in [2.75, 3.05) is 33.3 Å². The van der Waals surface area contributed by atoms with Gasteiger partial charge in [0.25, 0.3) is 0 Å². The molecule has 35 heavy (non-hydrogen) atoms. The molecule has 0 aromatic heterocycles. The maximum absolute atomic E-state index is 14.2. The van der Waals surface area contributed by atoms with Crippen molar-refractivity contribution in [3.8, 4) is 0 Å². The minimum Gasteiger partial charge on any atom is -0.394 e. The minimum atomic E-state index is -1.08. The first-order valence-corrected chi connectivity index (χ1v) is 13.1. The highest BCUT2D eigenvalue weighted by Crippen LogP contribution is 2.65. The van der Waals surface area contributed by atoms with Gasteiger partial charge >= 0.3 is 0 Å². The molecule has 6 atom stereocenters. The van der Waals surface area contributed by atoms with Crippen molar-refractivity contribution in [1.29, 1.82) is 0 Å². The van der Waals surface area contributed by atoms with E-state index in [4.69, 9.17) is 4.74 Å². The van der Waals surface area contributed by atoms with Crippen LogP contribution in [0, 0.1) is 11.8 Å².